The van der Waals surface area contributed by atoms with E-state index in [1.54, 1.807) is 6.07 Å². The lowest BCUT2D eigenvalue weighted by Gasteiger charge is -2.37. The van der Waals surface area contributed by atoms with E-state index < -0.39 is 23.9 Å². The summed E-state index contributed by atoms with van der Waals surface area (Å²) in [6.07, 6.45) is 2.94. The second-order valence-corrected chi connectivity index (χ2v) is 10.9. The molecule has 0 heterocycles. The summed E-state index contributed by atoms with van der Waals surface area (Å²) in [7, 11) is 0.897. The minimum absolute atomic E-state index is 0.297. The van der Waals surface area contributed by atoms with Gasteiger partial charge in [0.1, 0.15) is 6.10 Å². The van der Waals surface area contributed by atoms with E-state index in [1.165, 1.54) is 35.4 Å². The summed E-state index contributed by atoms with van der Waals surface area (Å²) in [5, 5.41) is 0. The van der Waals surface area contributed by atoms with Crippen LogP contribution in [0.1, 0.15) is 71.8 Å². The van der Waals surface area contributed by atoms with Crippen LogP contribution >= 0.6 is 0 Å². The molecule has 0 amide bonds. The molecule has 36 heavy (non-hydrogen) atoms. The van der Waals surface area contributed by atoms with Crippen molar-refractivity contribution in [3.8, 4) is 0 Å². The van der Waals surface area contributed by atoms with Crippen molar-refractivity contribution in [1.29, 1.82) is 0 Å². The highest BCUT2D eigenvalue weighted by Gasteiger charge is 2.64. The molecule has 1 fully saturated rings. The molecular weight excluding hydrogens is 465 g/mol. The molecule has 0 aromatic heterocycles. The molecule has 0 aliphatic heterocycles. The van der Waals surface area contributed by atoms with Gasteiger partial charge in [-0.3, -0.25) is 0 Å². The van der Waals surface area contributed by atoms with Crippen molar-refractivity contribution in [2.45, 2.75) is 84.1 Å². The van der Waals surface area contributed by atoms with Crippen LogP contribution in [0.5, 0.6) is 0 Å². The maximum absolute atomic E-state index is 14.5. The van der Waals surface area contributed by atoms with Gasteiger partial charge in [-0.25, -0.2) is 4.79 Å². The van der Waals surface area contributed by atoms with E-state index in [1.807, 2.05) is 0 Å². The standard InChI is InChI=1S/C30H39F3O3/c1-20(2)24-17-18-28(5)19-26(22(4)12-10-11-21(3)15-16-25(24)28)36-27(34)29(35-6,30(31,32)33)23-13-8-7-9-14-23/h7-9,11,13-14,16,20,24,26H,4,10,12,15,17-19H2,1-3,5-6H3/b21-11+,25-16-/t24-,26-,28-,29+/m0/s1. The van der Waals surface area contributed by atoms with Gasteiger partial charge in [-0.15, -0.1) is 0 Å². The lowest BCUT2D eigenvalue weighted by Crippen LogP contribution is -2.52. The number of hydrogen-bond acceptors (Lipinski definition) is 3. The highest BCUT2D eigenvalue weighted by molar-refractivity contribution is 5.83. The zero-order valence-corrected chi connectivity index (χ0v) is 22.1. The minimum Gasteiger partial charge on any atom is -0.455 e. The van der Waals surface area contributed by atoms with E-state index in [2.05, 4.69) is 46.4 Å². The molecule has 3 nitrogen and oxygen atoms in total. The highest BCUT2D eigenvalue weighted by Crippen LogP contribution is 2.53. The minimum atomic E-state index is -5.01. The van der Waals surface area contributed by atoms with E-state index >= 15 is 0 Å². The number of methoxy groups -OCH3 is 1. The summed E-state index contributed by atoms with van der Waals surface area (Å²) in [5.74, 6) is -0.615. The van der Waals surface area contributed by atoms with Gasteiger partial charge in [-0.2, -0.15) is 13.2 Å². The monoisotopic (exact) mass is 504 g/mol. The molecule has 0 spiro atoms. The average molecular weight is 505 g/mol. The fourth-order valence-electron chi connectivity index (χ4n) is 5.83. The van der Waals surface area contributed by atoms with E-state index in [4.69, 9.17) is 9.47 Å². The van der Waals surface area contributed by atoms with Crippen LogP contribution in [0.2, 0.25) is 0 Å². The van der Waals surface area contributed by atoms with Crippen molar-refractivity contribution < 1.29 is 27.4 Å². The fraction of sp³-hybridized carbons (Fsp3) is 0.567. The molecule has 0 N–H and O–H groups in total. The van der Waals surface area contributed by atoms with Gasteiger partial charge in [0.2, 0.25) is 0 Å². The molecule has 6 heteroatoms. The number of benzene rings is 1. The van der Waals surface area contributed by atoms with Gasteiger partial charge < -0.3 is 9.47 Å². The molecule has 1 aromatic carbocycles. The van der Waals surface area contributed by atoms with E-state index in [0.717, 1.165) is 26.4 Å². The van der Waals surface area contributed by atoms with E-state index in [-0.39, 0.29) is 11.0 Å². The first kappa shape index (κ1) is 28.2. The Kier molecular flexibility index (Phi) is 8.59. The van der Waals surface area contributed by atoms with Crippen LogP contribution in [0, 0.1) is 17.3 Å². The Balaban J connectivity index is 2.02. The molecule has 1 saturated carbocycles. The maximum Gasteiger partial charge on any atom is 0.432 e. The largest absolute Gasteiger partial charge is 0.455 e. The van der Waals surface area contributed by atoms with Crippen LogP contribution in [0.15, 0.2) is 65.8 Å². The second kappa shape index (κ2) is 11.0. The third-order valence-electron chi connectivity index (χ3n) is 8.02. The van der Waals surface area contributed by atoms with Crippen molar-refractivity contribution in [3.05, 3.63) is 71.3 Å². The molecule has 2 aliphatic carbocycles. The Morgan fingerprint density at radius 1 is 1.17 bits per heavy atom. The number of allylic oxidation sites excluding steroid dienone is 4. The van der Waals surface area contributed by atoms with Crippen molar-refractivity contribution in [2.24, 2.45) is 17.3 Å². The average Bonchev–Trinajstić information content (AvgIpc) is 3.13. The summed E-state index contributed by atoms with van der Waals surface area (Å²) in [4.78, 5) is 13.5. The molecule has 0 bridgehead atoms. The van der Waals surface area contributed by atoms with Crippen LogP contribution in [0.25, 0.3) is 0 Å². The first-order valence-corrected chi connectivity index (χ1v) is 12.8. The number of fused-ring (bicyclic) bond motifs is 1. The van der Waals surface area contributed by atoms with Crippen molar-refractivity contribution in [3.63, 3.8) is 0 Å². The summed E-state index contributed by atoms with van der Waals surface area (Å²) in [6.45, 7) is 12.8. The molecule has 2 aliphatic rings. The summed E-state index contributed by atoms with van der Waals surface area (Å²) in [5.41, 5.74) is -0.623. The normalized spacial score (nSPS) is 30.3. The van der Waals surface area contributed by atoms with Crippen molar-refractivity contribution in [1.82, 2.24) is 0 Å². The van der Waals surface area contributed by atoms with Crippen LogP contribution in [0.3, 0.4) is 0 Å². The molecule has 198 valence electrons. The number of rotatable bonds is 5. The molecule has 1 aromatic rings. The molecule has 0 saturated heterocycles. The Morgan fingerprint density at radius 3 is 2.42 bits per heavy atom. The van der Waals surface area contributed by atoms with Gasteiger partial charge in [0.15, 0.2) is 0 Å². The number of hydrogen-bond donors (Lipinski definition) is 0. The number of carbonyl (C=O) groups excluding carboxylic acids is 1. The fourth-order valence-corrected chi connectivity index (χ4v) is 5.83. The quantitative estimate of drug-likeness (QED) is 0.300. The predicted molar refractivity (Wildman–Crippen MR) is 136 cm³/mol. The molecule has 0 unspecified atom stereocenters. The lowest BCUT2D eigenvalue weighted by atomic mass is 9.74. The Hall–Kier alpha value is -2.34. The summed E-state index contributed by atoms with van der Waals surface area (Å²) in [6, 6.07) is 6.97. The van der Waals surface area contributed by atoms with Gasteiger partial charge in [0.25, 0.3) is 5.60 Å². The Morgan fingerprint density at radius 2 is 1.83 bits per heavy atom. The summed E-state index contributed by atoms with van der Waals surface area (Å²) >= 11 is 0. The van der Waals surface area contributed by atoms with Crippen molar-refractivity contribution in [2.75, 3.05) is 7.11 Å². The SMILES string of the molecule is C=C1CC/C=C(\C)C/C=C2/[C@H](C(C)C)CC[C@@]2(C)C[C@@H]1OC(=O)[C@](OC)(c1ccccc1)C(F)(F)F. The molecular formula is C30H39F3O3. The van der Waals surface area contributed by atoms with Gasteiger partial charge in [-0.1, -0.05) is 81.0 Å². The van der Waals surface area contributed by atoms with Crippen molar-refractivity contribution >= 4 is 5.97 Å². The second-order valence-electron chi connectivity index (χ2n) is 10.9. The zero-order chi connectivity index (χ0) is 26.7. The lowest BCUT2D eigenvalue weighted by molar-refractivity contribution is -0.278. The van der Waals surface area contributed by atoms with Gasteiger partial charge in [-0.05, 0) is 68.3 Å². The Bertz CT molecular complexity index is 1010. The van der Waals surface area contributed by atoms with Crippen LogP contribution in [0.4, 0.5) is 13.2 Å². The van der Waals surface area contributed by atoms with Crippen LogP contribution in [-0.4, -0.2) is 25.4 Å². The zero-order valence-electron chi connectivity index (χ0n) is 22.1. The number of alkyl halides is 3. The third kappa shape index (κ3) is 5.49. The molecule has 0 radical (unpaired) electrons. The molecule has 4 atom stereocenters. The van der Waals surface area contributed by atoms with E-state index in [0.29, 0.717) is 36.7 Å². The summed E-state index contributed by atoms with van der Waals surface area (Å²) < 4.78 is 54.2. The molecule has 3 rings (SSSR count). The van der Waals surface area contributed by atoms with Gasteiger partial charge >= 0.3 is 12.1 Å². The number of carbonyl (C=O) groups is 1. The smallest absolute Gasteiger partial charge is 0.432 e. The number of ether oxygens (including phenoxy) is 2. The van der Waals surface area contributed by atoms with Crippen LogP contribution in [-0.2, 0) is 19.9 Å². The van der Waals surface area contributed by atoms with Crippen LogP contribution < -0.4 is 0 Å². The van der Waals surface area contributed by atoms with Gasteiger partial charge in [0.05, 0.1) is 0 Å². The number of esters is 1. The van der Waals surface area contributed by atoms with E-state index in [9.17, 15) is 18.0 Å². The topological polar surface area (TPSA) is 35.5 Å². The third-order valence-corrected chi connectivity index (χ3v) is 8.02. The van der Waals surface area contributed by atoms with Gasteiger partial charge in [0, 0.05) is 12.7 Å². The predicted octanol–water partition coefficient (Wildman–Crippen LogP) is 8.08. The maximum atomic E-state index is 14.5. The first-order chi connectivity index (χ1) is 16.9. The number of halogens is 3. The highest BCUT2D eigenvalue weighted by atomic mass is 19.4. The first-order valence-electron chi connectivity index (χ1n) is 12.8. The Labute approximate surface area is 213 Å².